The average molecular weight is 442 g/mol. The van der Waals surface area contributed by atoms with Gasteiger partial charge in [-0.05, 0) is 66.9 Å². The van der Waals surface area contributed by atoms with Crippen molar-refractivity contribution in [2.45, 2.75) is 25.5 Å². The monoisotopic (exact) mass is 441 g/mol. The summed E-state index contributed by atoms with van der Waals surface area (Å²) in [6.45, 7) is 2.22. The molecule has 3 aromatic carbocycles. The summed E-state index contributed by atoms with van der Waals surface area (Å²) in [7, 11) is 0. The molecule has 33 heavy (non-hydrogen) atoms. The lowest BCUT2D eigenvalue weighted by atomic mass is 10.0. The van der Waals surface area contributed by atoms with Crippen molar-refractivity contribution in [3.05, 3.63) is 90.0 Å². The van der Waals surface area contributed by atoms with Gasteiger partial charge in [-0.1, -0.05) is 30.3 Å². The Morgan fingerprint density at radius 3 is 2.18 bits per heavy atom. The summed E-state index contributed by atoms with van der Waals surface area (Å²) in [5, 5.41) is 12.0. The molecule has 4 rings (SSSR count). The van der Waals surface area contributed by atoms with Crippen LogP contribution in [0.15, 0.2) is 78.9 Å². The molecule has 1 heterocycles. The number of ether oxygens (including phenoxy) is 2. The van der Waals surface area contributed by atoms with E-state index >= 15 is 0 Å². The highest BCUT2D eigenvalue weighted by Crippen LogP contribution is 2.21. The number of hydrogen-bond acceptors (Lipinski definition) is 5. The van der Waals surface area contributed by atoms with Crippen LogP contribution >= 0.6 is 0 Å². The number of hydrogen-bond donors (Lipinski definition) is 1. The molecule has 1 N–H and O–H groups in total. The van der Waals surface area contributed by atoms with Crippen molar-refractivity contribution in [3.8, 4) is 17.6 Å². The van der Waals surface area contributed by atoms with E-state index in [1.165, 1.54) is 0 Å². The lowest BCUT2D eigenvalue weighted by Gasteiger charge is -2.34. The first kappa shape index (κ1) is 22.2. The highest BCUT2D eigenvalue weighted by atomic mass is 16.5. The molecule has 3 aromatic rings. The molecular weight excluding hydrogens is 414 g/mol. The fourth-order valence-electron chi connectivity index (χ4n) is 3.82. The van der Waals surface area contributed by atoms with Crippen molar-refractivity contribution in [2.24, 2.45) is 0 Å². The second-order valence-electron chi connectivity index (χ2n) is 8.02. The van der Waals surface area contributed by atoms with Gasteiger partial charge in [-0.2, -0.15) is 5.26 Å². The van der Waals surface area contributed by atoms with Gasteiger partial charge in [0.1, 0.15) is 18.1 Å². The van der Waals surface area contributed by atoms with Crippen LogP contribution in [0.25, 0.3) is 0 Å². The summed E-state index contributed by atoms with van der Waals surface area (Å²) in [5.74, 6) is 1.27. The smallest absolute Gasteiger partial charge is 0.258 e. The minimum atomic E-state index is -0.115. The van der Waals surface area contributed by atoms with Crippen LogP contribution in [-0.2, 0) is 11.4 Å². The summed E-state index contributed by atoms with van der Waals surface area (Å²) < 4.78 is 11.4. The van der Waals surface area contributed by atoms with Crippen molar-refractivity contribution in [1.29, 1.82) is 5.26 Å². The summed E-state index contributed by atoms with van der Waals surface area (Å²) in [5.41, 5.74) is 2.88. The van der Waals surface area contributed by atoms with E-state index in [0.29, 0.717) is 17.9 Å². The third-order valence-electron chi connectivity index (χ3n) is 5.66. The Bertz CT molecular complexity index is 1070. The third-order valence-corrected chi connectivity index (χ3v) is 5.66. The molecule has 1 saturated heterocycles. The highest BCUT2D eigenvalue weighted by molar-refractivity contribution is 5.77. The number of nitriles is 1. The van der Waals surface area contributed by atoms with Crippen LogP contribution in [0, 0.1) is 11.3 Å². The minimum Gasteiger partial charge on any atom is -0.489 e. The summed E-state index contributed by atoms with van der Waals surface area (Å²) in [6.07, 6.45) is 1.75. The molecule has 0 aliphatic carbocycles. The number of carbonyl (C=O) groups is 1. The van der Waals surface area contributed by atoms with Crippen molar-refractivity contribution >= 4 is 11.6 Å². The number of nitrogens with one attached hydrogen (secondary N) is 1. The van der Waals surface area contributed by atoms with E-state index in [1.54, 1.807) is 0 Å². The molecule has 6 nitrogen and oxygen atoms in total. The zero-order chi connectivity index (χ0) is 22.9. The van der Waals surface area contributed by atoms with Gasteiger partial charge in [-0.25, -0.2) is 0 Å². The van der Waals surface area contributed by atoms with E-state index in [1.807, 2.05) is 78.9 Å². The zero-order valence-corrected chi connectivity index (χ0v) is 18.4. The Balaban J connectivity index is 1.16. The molecule has 0 aromatic heterocycles. The molecule has 0 unspecified atom stereocenters. The molecule has 6 heteroatoms. The van der Waals surface area contributed by atoms with Gasteiger partial charge in [0.05, 0.1) is 11.6 Å². The predicted octanol–water partition coefficient (Wildman–Crippen LogP) is 4.30. The SMILES string of the molecule is N#Cc1ccc(N2CCC(NC(=O)COc3ccc(OCc4ccccc4)cc3)CC2)cc1. The van der Waals surface area contributed by atoms with Crippen LogP contribution in [0.3, 0.4) is 0 Å². The number of piperidine rings is 1. The maximum atomic E-state index is 12.3. The maximum Gasteiger partial charge on any atom is 0.258 e. The van der Waals surface area contributed by atoms with E-state index in [-0.39, 0.29) is 18.6 Å². The van der Waals surface area contributed by atoms with Crippen molar-refractivity contribution < 1.29 is 14.3 Å². The van der Waals surface area contributed by atoms with Gasteiger partial charge in [0.15, 0.2) is 6.61 Å². The van der Waals surface area contributed by atoms with Crippen molar-refractivity contribution in [3.63, 3.8) is 0 Å². The number of nitrogens with zero attached hydrogens (tertiary/aromatic N) is 2. The second-order valence-corrected chi connectivity index (χ2v) is 8.02. The molecular formula is C27H27N3O3. The van der Waals surface area contributed by atoms with Gasteiger partial charge in [0, 0.05) is 24.8 Å². The molecule has 1 aliphatic rings. The Morgan fingerprint density at radius 1 is 0.909 bits per heavy atom. The van der Waals surface area contributed by atoms with E-state index in [2.05, 4.69) is 16.3 Å². The normalized spacial score (nSPS) is 13.7. The Labute approximate surface area is 194 Å². The standard InChI is InChI=1S/C27H27N3O3/c28-18-21-6-8-24(9-7-21)30-16-14-23(15-17-30)29-27(31)20-33-26-12-10-25(11-13-26)32-19-22-4-2-1-3-5-22/h1-13,23H,14-17,19-20H2,(H,29,31). The lowest BCUT2D eigenvalue weighted by Crippen LogP contribution is -2.46. The molecule has 168 valence electrons. The molecule has 0 spiro atoms. The molecule has 0 bridgehead atoms. The topological polar surface area (TPSA) is 74.6 Å². The summed E-state index contributed by atoms with van der Waals surface area (Å²) in [6, 6.07) is 27.2. The zero-order valence-electron chi connectivity index (χ0n) is 18.4. The number of carbonyl (C=O) groups excluding carboxylic acids is 1. The van der Waals surface area contributed by atoms with Crippen molar-refractivity contribution in [2.75, 3.05) is 24.6 Å². The van der Waals surface area contributed by atoms with Crippen LogP contribution in [-0.4, -0.2) is 31.6 Å². The first-order chi connectivity index (χ1) is 16.2. The van der Waals surface area contributed by atoms with Crippen LogP contribution in [0.5, 0.6) is 11.5 Å². The maximum absolute atomic E-state index is 12.3. The van der Waals surface area contributed by atoms with Gasteiger partial charge in [-0.15, -0.1) is 0 Å². The Morgan fingerprint density at radius 2 is 1.55 bits per heavy atom. The number of benzene rings is 3. The molecule has 0 saturated carbocycles. The molecule has 0 atom stereocenters. The van der Waals surface area contributed by atoms with E-state index < -0.39 is 0 Å². The van der Waals surface area contributed by atoms with E-state index in [9.17, 15) is 4.79 Å². The van der Waals surface area contributed by atoms with Crippen LogP contribution < -0.4 is 19.7 Å². The van der Waals surface area contributed by atoms with Crippen LogP contribution in [0.4, 0.5) is 5.69 Å². The molecule has 1 fully saturated rings. The molecule has 1 amide bonds. The Hall–Kier alpha value is -3.98. The molecule has 1 aliphatic heterocycles. The van der Waals surface area contributed by atoms with Gasteiger partial charge < -0.3 is 19.7 Å². The average Bonchev–Trinajstić information content (AvgIpc) is 2.88. The largest absolute Gasteiger partial charge is 0.489 e. The Kier molecular flexibility index (Phi) is 7.44. The molecule has 0 radical (unpaired) electrons. The van der Waals surface area contributed by atoms with Crippen LogP contribution in [0.2, 0.25) is 0 Å². The first-order valence-electron chi connectivity index (χ1n) is 11.1. The lowest BCUT2D eigenvalue weighted by molar-refractivity contribution is -0.123. The highest BCUT2D eigenvalue weighted by Gasteiger charge is 2.21. The first-order valence-corrected chi connectivity index (χ1v) is 11.1. The van der Waals surface area contributed by atoms with Gasteiger partial charge >= 0.3 is 0 Å². The van der Waals surface area contributed by atoms with Gasteiger partial charge in [0.2, 0.25) is 0 Å². The number of amides is 1. The van der Waals surface area contributed by atoms with E-state index in [4.69, 9.17) is 14.7 Å². The van der Waals surface area contributed by atoms with E-state index in [0.717, 1.165) is 42.9 Å². The number of rotatable bonds is 8. The fourth-order valence-corrected chi connectivity index (χ4v) is 3.82. The number of anilines is 1. The van der Waals surface area contributed by atoms with Gasteiger partial charge in [-0.3, -0.25) is 4.79 Å². The quantitative estimate of drug-likeness (QED) is 0.564. The fraction of sp³-hybridized carbons (Fsp3) is 0.259. The van der Waals surface area contributed by atoms with Crippen LogP contribution in [0.1, 0.15) is 24.0 Å². The van der Waals surface area contributed by atoms with Gasteiger partial charge in [0.25, 0.3) is 5.91 Å². The minimum absolute atomic E-state index is 0.0138. The second kappa shape index (κ2) is 11.1. The third kappa shape index (κ3) is 6.50. The summed E-state index contributed by atoms with van der Waals surface area (Å²) >= 11 is 0. The van der Waals surface area contributed by atoms with Crippen molar-refractivity contribution in [1.82, 2.24) is 5.32 Å². The predicted molar refractivity (Wildman–Crippen MR) is 127 cm³/mol. The summed E-state index contributed by atoms with van der Waals surface area (Å²) in [4.78, 5) is 14.6.